The van der Waals surface area contributed by atoms with Crippen LogP contribution in [0.1, 0.15) is 19.4 Å². The van der Waals surface area contributed by atoms with E-state index in [1.54, 1.807) is 0 Å². The second kappa shape index (κ2) is 4.09. The van der Waals surface area contributed by atoms with Crippen LogP contribution in [0, 0.1) is 18.8 Å². The zero-order chi connectivity index (χ0) is 15.9. The Morgan fingerprint density at radius 2 is 1.64 bits per heavy atom. The molecule has 3 aliphatic heterocycles. The van der Waals surface area contributed by atoms with Crippen LogP contribution in [0.25, 0.3) is 0 Å². The van der Waals surface area contributed by atoms with Crippen LogP contribution in [-0.4, -0.2) is 23.0 Å². The number of fused-ring (bicyclic) bond motifs is 5. The number of carbonyl (C=O) groups is 2. The van der Waals surface area contributed by atoms with E-state index in [1.807, 2.05) is 51.1 Å². The Bertz CT molecular complexity index is 722. The van der Waals surface area contributed by atoms with Gasteiger partial charge in [-0.15, -0.1) is 0 Å². The molecule has 4 rings (SSSR count). The lowest BCUT2D eigenvalue weighted by molar-refractivity contribution is -0.128. The number of rotatable bonds is 1. The quantitative estimate of drug-likeness (QED) is 0.570. The van der Waals surface area contributed by atoms with Crippen molar-refractivity contribution in [2.45, 2.75) is 32.0 Å². The van der Waals surface area contributed by atoms with E-state index in [1.165, 1.54) is 4.90 Å². The van der Waals surface area contributed by atoms with Gasteiger partial charge in [-0.05, 0) is 38.5 Å². The lowest BCUT2D eigenvalue weighted by Crippen LogP contribution is -2.39. The van der Waals surface area contributed by atoms with Gasteiger partial charge >= 0.3 is 0 Å². The van der Waals surface area contributed by atoms with Crippen LogP contribution in [-0.2, 0) is 14.3 Å². The molecular weight excluding hydrogens is 346 g/mol. The fraction of sp³-hybridized carbons (Fsp3) is 0.412. The Hall–Kier alpha value is -1.46. The second-order valence-electron chi connectivity index (χ2n) is 6.70. The van der Waals surface area contributed by atoms with Gasteiger partial charge in [0.05, 0.1) is 28.7 Å². The van der Waals surface area contributed by atoms with Gasteiger partial charge in [0.1, 0.15) is 0 Å². The third-order valence-electron chi connectivity index (χ3n) is 5.14. The van der Waals surface area contributed by atoms with E-state index in [-0.39, 0.29) is 11.8 Å². The molecule has 5 heteroatoms. The molecule has 3 aliphatic rings. The van der Waals surface area contributed by atoms with Gasteiger partial charge in [-0.2, -0.15) is 0 Å². The molecule has 2 saturated heterocycles. The molecule has 2 fully saturated rings. The lowest BCUT2D eigenvalue weighted by Gasteiger charge is -2.25. The molecule has 2 bridgehead atoms. The molecule has 3 heterocycles. The van der Waals surface area contributed by atoms with Crippen molar-refractivity contribution < 1.29 is 14.3 Å². The van der Waals surface area contributed by atoms with E-state index in [9.17, 15) is 9.59 Å². The predicted octanol–water partition coefficient (Wildman–Crippen LogP) is 2.98. The number of anilines is 1. The molecule has 2 amide bonds. The fourth-order valence-corrected chi connectivity index (χ4v) is 4.37. The molecular formula is C17H16BrNO3. The van der Waals surface area contributed by atoms with Crippen molar-refractivity contribution in [1.29, 1.82) is 0 Å². The van der Waals surface area contributed by atoms with Gasteiger partial charge in [-0.3, -0.25) is 9.59 Å². The average molecular weight is 362 g/mol. The van der Waals surface area contributed by atoms with Crippen molar-refractivity contribution in [2.75, 3.05) is 4.90 Å². The highest BCUT2D eigenvalue weighted by Crippen LogP contribution is 2.57. The molecule has 0 saturated carbocycles. The number of amides is 2. The summed E-state index contributed by atoms with van der Waals surface area (Å²) in [6.45, 7) is 5.74. The molecule has 1 aromatic carbocycles. The predicted molar refractivity (Wildman–Crippen MR) is 85.4 cm³/mol. The summed E-state index contributed by atoms with van der Waals surface area (Å²) in [6, 6.07) is 5.55. The maximum atomic E-state index is 12.9. The second-order valence-corrected chi connectivity index (χ2v) is 7.56. The summed E-state index contributed by atoms with van der Waals surface area (Å²) in [4.78, 5) is 27.1. The van der Waals surface area contributed by atoms with E-state index < -0.39 is 23.0 Å². The summed E-state index contributed by atoms with van der Waals surface area (Å²) in [5.74, 6) is -1.20. The monoisotopic (exact) mass is 361 g/mol. The number of nitrogens with zero attached hydrogens (tertiary/aromatic N) is 1. The van der Waals surface area contributed by atoms with Gasteiger partial charge in [-0.25, -0.2) is 4.90 Å². The minimum Gasteiger partial charge on any atom is -0.359 e. The SMILES string of the molecule is Cc1ccc(N2C(=O)[C@@H]3[C@@H](C2=O)[C@]2(C)C=C[C@]3(C)O2)cc1Br. The molecule has 0 aliphatic carbocycles. The molecule has 0 radical (unpaired) electrons. The number of carbonyl (C=O) groups excluding carboxylic acids is 2. The van der Waals surface area contributed by atoms with E-state index in [4.69, 9.17) is 4.74 Å². The molecule has 0 unspecified atom stereocenters. The molecule has 0 N–H and O–H groups in total. The first-order chi connectivity index (χ1) is 10.3. The first-order valence-corrected chi connectivity index (χ1v) is 8.11. The van der Waals surface area contributed by atoms with Crippen molar-refractivity contribution in [1.82, 2.24) is 0 Å². The van der Waals surface area contributed by atoms with Gasteiger partial charge in [0, 0.05) is 4.47 Å². The third-order valence-corrected chi connectivity index (χ3v) is 5.99. The van der Waals surface area contributed by atoms with Crippen molar-refractivity contribution in [3.63, 3.8) is 0 Å². The number of imide groups is 1. The van der Waals surface area contributed by atoms with Crippen molar-refractivity contribution in [2.24, 2.45) is 11.8 Å². The average Bonchev–Trinajstić information content (AvgIpc) is 2.99. The number of hydrogen-bond donors (Lipinski definition) is 0. The number of halogens is 1. The van der Waals surface area contributed by atoms with Gasteiger partial charge in [0.15, 0.2) is 0 Å². The maximum Gasteiger partial charge on any atom is 0.241 e. The smallest absolute Gasteiger partial charge is 0.241 e. The van der Waals surface area contributed by atoms with Crippen molar-refractivity contribution in [3.05, 3.63) is 40.4 Å². The van der Waals surface area contributed by atoms with Crippen molar-refractivity contribution in [3.8, 4) is 0 Å². The summed E-state index contributed by atoms with van der Waals surface area (Å²) < 4.78 is 6.88. The van der Waals surface area contributed by atoms with Crippen LogP contribution in [0.4, 0.5) is 5.69 Å². The molecule has 4 nitrogen and oxygen atoms in total. The number of aryl methyl sites for hydroxylation is 1. The molecule has 1 aromatic rings. The number of benzene rings is 1. The fourth-order valence-electron chi connectivity index (χ4n) is 4.01. The first-order valence-electron chi connectivity index (χ1n) is 7.31. The maximum absolute atomic E-state index is 12.9. The number of hydrogen-bond acceptors (Lipinski definition) is 3. The normalized spacial score (nSPS) is 39.0. The molecule has 22 heavy (non-hydrogen) atoms. The Kier molecular flexibility index (Phi) is 2.63. The third kappa shape index (κ3) is 1.56. The van der Waals surface area contributed by atoms with E-state index in [2.05, 4.69) is 15.9 Å². The van der Waals surface area contributed by atoms with E-state index >= 15 is 0 Å². The Balaban J connectivity index is 1.81. The Labute approximate surface area is 137 Å². The van der Waals surface area contributed by atoms with Gasteiger partial charge in [-0.1, -0.05) is 34.1 Å². The van der Waals surface area contributed by atoms with Crippen molar-refractivity contribution >= 4 is 33.4 Å². The largest absolute Gasteiger partial charge is 0.359 e. The van der Waals surface area contributed by atoms with Crippen LogP contribution in [0.3, 0.4) is 0 Å². The molecule has 114 valence electrons. The zero-order valence-corrected chi connectivity index (χ0v) is 14.2. The standard InChI is InChI=1S/C17H16BrNO3/c1-9-4-5-10(8-11(9)18)19-14(20)12-13(15(19)21)17(3)7-6-16(12,2)22-17/h4-8,12-13H,1-3H3/t12-,13-,16-,17-/m0/s1. The van der Waals surface area contributed by atoms with E-state index in [0.29, 0.717) is 5.69 Å². The minimum absolute atomic E-state index is 0.165. The number of ether oxygens (including phenoxy) is 1. The highest BCUT2D eigenvalue weighted by Gasteiger charge is 2.70. The summed E-state index contributed by atoms with van der Waals surface area (Å²) in [6.07, 6.45) is 3.85. The molecule has 0 spiro atoms. The van der Waals surface area contributed by atoms with Crippen LogP contribution >= 0.6 is 15.9 Å². The lowest BCUT2D eigenvalue weighted by atomic mass is 9.73. The van der Waals surface area contributed by atoms with Crippen LogP contribution in [0.5, 0.6) is 0 Å². The topological polar surface area (TPSA) is 46.6 Å². The Morgan fingerprint density at radius 1 is 1.09 bits per heavy atom. The molecule has 4 atom stereocenters. The van der Waals surface area contributed by atoms with Gasteiger partial charge in [0.2, 0.25) is 11.8 Å². The zero-order valence-electron chi connectivity index (χ0n) is 12.6. The van der Waals surface area contributed by atoms with Crippen LogP contribution < -0.4 is 4.90 Å². The van der Waals surface area contributed by atoms with Crippen LogP contribution in [0.15, 0.2) is 34.8 Å². The van der Waals surface area contributed by atoms with Gasteiger partial charge in [0.25, 0.3) is 0 Å². The summed E-state index contributed by atoms with van der Waals surface area (Å²) in [7, 11) is 0. The van der Waals surface area contributed by atoms with E-state index in [0.717, 1.165) is 10.0 Å². The first kappa shape index (κ1) is 14.2. The van der Waals surface area contributed by atoms with Gasteiger partial charge < -0.3 is 4.74 Å². The highest BCUT2D eigenvalue weighted by molar-refractivity contribution is 9.10. The molecule has 0 aromatic heterocycles. The highest BCUT2D eigenvalue weighted by atomic mass is 79.9. The minimum atomic E-state index is -0.678. The summed E-state index contributed by atoms with van der Waals surface area (Å²) in [5.41, 5.74) is 0.326. The van der Waals surface area contributed by atoms with Crippen LogP contribution in [0.2, 0.25) is 0 Å². The summed E-state index contributed by atoms with van der Waals surface area (Å²) >= 11 is 3.47. The summed E-state index contributed by atoms with van der Waals surface area (Å²) in [5, 5.41) is 0. The Morgan fingerprint density at radius 3 is 2.14 bits per heavy atom.